The Morgan fingerprint density at radius 1 is 0.833 bits per heavy atom. The average Bonchev–Trinajstić information content (AvgIpc) is 2.54. The van der Waals surface area contributed by atoms with Gasteiger partial charge in [0.05, 0.1) is 0 Å². The summed E-state index contributed by atoms with van der Waals surface area (Å²) in [7, 11) is 0. The molecule has 0 atom stereocenters. The van der Waals surface area contributed by atoms with Crippen molar-refractivity contribution in [3.8, 4) is 0 Å². The maximum absolute atomic E-state index is 3.50. The van der Waals surface area contributed by atoms with Crippen LogP contribution in [0.4, 0.5) is 0 Å². The van der Waals surface area contributed by atoms with Crippen LogP contribution in [0.3, 0.4) is 0 Å². The van der Waals surface area contributed by atoms with E-state index in [-0.39, 0.29) is 0 Å². The highest BCUT2D eigenvalue weighted by Gasteiger charge is 2.33. The van der Waals surface area contributed by atoms with E-state index >= 15 is 0 Å². The minimum Gasteiger partial charge on any atom is -0.317 e. The van der Waals surface area contributed by atoms with Gasteiger partial charge in [-0.3, -0.25) is 0 Å². The van der Waals surface area contributed by atoms with Crippen molar-refractivity contribution in [3.63, 3.8) is 0 Å². The van der Waals surface area contributed by atoms with E-state index in [0.29, 0.717) is 10.8 Å². The van der Waals surface area contributed by atoms with Crippen molar-refractivity contribution >= 4 is 0 Å². The summed E-state index contributed by atoms with van der Waals surface area (Å²) in [6.07, 6.45) is 15.3. The molecule has 1 rings (SSSR count). The number of hydrogen-bond donors (Lipinski definition) is 1. The standard InChI is InChI=1S/C23H46N/c1-7-8-9-10-11-15-22(3,4)16-12-17-23(5,6)20(2)21-13-18-24-19-14-21/h21,24H,7-19H2,1-6H3. The third-order valence-corrected chi connectivity index (χ3v) is 6.63. The van der Waals surface area contributed by atoms with Crippen LogP contribution in [0.2, 0.25) is 0 Å². The van der Waals surface area contributed by atoms with Gasteiger partial charge in [-0.05, 0) is 67.9 Å². The molecule has 0 saturated carbocycles. The van der Waals surface area contributed by atoms with E-state index in [1.165, 1.54) is 83.7 Å². The number of unbranched alkanes of at least 4 members (excludes halogenated alkanes) is 4. The van der Waals surface area contributed by atoms with E-state index in [0.717, 1.165) is 5.92 Å². The van der Waals surface area contributed by atoms with Gasteiger partial charge in [0, 0.05) is 0 Å². The molecule has 0 unspecified atom stereocenters. The summed E-state index contributed by atoms with van der Waals surface area (Å²) in [5.41, 5.74) is 0.949. The second-order valence-corrected chi connectivity index (χ2v) is 9.77. The molecule has 0 spiro atoms. The van der Waals surface area contributed by atoms with Crippen LogP contribution in [0.1, 0.15) is 112 Å². The van der Waals surface area contributed by atoms with E-state index in [4.69, 9.17) is 0 Å². The molecule has 1 aliphatic rings. The first kappa shape index (κ1) is 22.0. The fraction of sp³-hybridized carbons (Fsp3) is 0.957. The lowest BCUT2D eigenvalue weighted by atomic mass is 9.67. The van der Waals surface area contributed by atoms with E-state index in [9.17, 15) is 0 Å². The number of piperidine rings is 1. The van der Waals surface area contributed by atoms with E-state index < -0.39 is 0 Å². The summed E-state index contributed by atoms with van der Waals surface area (Å²) in [6, 6.07) is 0. The minimum absolute atomic E-state index is 0.416. The summed E-state index contributed by atoms with van der Waals surface area (Å²) in [4.78, 5) is 0. The van der Waals surface area contributed by atoms with Crippen LogP contribution in [0.5, 0.6) is 0 Å². The van der Waals surface area contributed by atoms with Crippen LogP contribution < -0.4 is 5.32 Å². The third-order valence-electron chi connectivity index (χ3n) is 6.63. The highest BCUT2D eigenvalue weighted by molar-refractivity contribution is 5.05. The number of nitrogens with one attached hydrogen (secondary N) is 1. The molecule has 1 N–H and O–H groups in total. The molecule has 0 aromatic rings. The normalized spacial score (nSPS) is 17.6. The van der Waals surface area contributed by atoms with Gasteiger partial charge < -0.3 is 5.32 Å². The minimum atomic E-state index is 0.416. The quantitative estimate of drug-likeness (QED) is 0.373. The van der Waals surface area contributed by atoms with Crippen LogP contribution in [0.25, 0.3) is 0 Å². The summed E-state index contributed by atoms with van der Waals surface area (Å²) in [5, 5.41) is 3.50. The highest BCUT2D eigenvalue weighted by Crippen LogP contribution is 2.43. The Bertz CT molecular complexity index is 312. The first-order valence-corrected chi connectivity index (χ1v) is 10.8. The van der Waals surface area contributed by atoms with Gasteiger partial charge in [0.2, 0.25) is 0 Å². The van der Waals surface area contributed by atoms with Crippen LogP contribution in [0.15, 0.2) is 0 Å². The van der Waals surface area contributed by atoms with E-state index in [1.54, 1.807) is 5.92 Å². The molecule has 1 aliphatic heterocycles. The maximum atomic E-state index is 3.50. The zero-order chi connectivity index (χ0) is 18.1. The molecule has 1 nitrogen and oxygen atoms in total. The van der Waals surface area contributed by atoms with Gasteiger partial charge in [-0.2, -0.15) is 0 Å². The predicted octanol–water partition coefficient (Wildman–Crippen LogP) is 7.16. The Kier molecular flexibility index (Phi) is 9.94. The van der Waals surface area contributed by atoms with Gasteiger partial charge >= 0.3 is 0 Å². The first-order chi connectivity index (χ1) is 11.3. The second kappa shape index (κ2) is 10.8. The molecule has 0 bridgehead atoms. The fourth-order valence-corrected chi connectivity index (χ4v) is 4.35. The SMILES string of the molecule is CCCCCCCC(C)(C)CCCC(C)(C)[C](C)C1CCNCC1. The zero-order valence-electron chi connectivity index (χ0n) is 17.8. The lowest BCUT2D eigenvalue weighted by Crippen LogP contribution is -2.35. The molecule has 143 valence electrons. The molecule has 24 heavy (non-hydrogen) atoms. The molecule has 0 aromatic heterocycles. The largest absolute Gasteiger partial charge is 0.317 e. The Morgan fingerprint density at radius 3 is 2.04 bits per heavy atom. The molecule has 1 radical (unpaired) electrons. The smallest absolute Gasteiger partial charge is 0.00461 e. The van der Waals surface area contributed by atoms with Crippen molar-refractivity contribution in [1.82, 2.24) is 5.32 Å². The first-order valence-electron chi connectivity index (χ1n) is 10.8. The lowest BCUT2D eigenvalue weighted by Gasteiger charge is -2.39. The van der Waals surface area contributed by atoms with Crippen molar-refractivity contribution in [2.75, 3.05) is 13.1 Å². The van der Waals surface area contributed by atoms with Crippen molar-refractivity contribution in [3.05, 3.63) is 5.92 Å². The van der Waals surface area contributed by atoms with Crippen LogP contribution >= 0.6 is 0 Å². The molecule has 0 aromatic carbocycles. The summed E-state index contributed by atoms with van der Waals surface area (Å²) in [6.45, 7) is 17.1. The topological polar surface area (TPSA) is 12.0 Å². The second-order valence-electron chi connectivity index (χ2n) is 9.77. The molecule has 0 aliphatic carbocycles. The third kappa shape index (κ3) is 8.37. The summed E-state index contributed by atoms with van der Waals surface area (Å²) in [5.74, 6) is 2.62. The van der Waals surface area contributed by atoms with E-state index in [2.05, 4.69) is 46.9 Å². The van der Waals surface area contributed by atoms with Crippen molar-refractivity contribution in [2.24, 2.45) is 16.7 Å². The fourth-order valence-electron chi connectivity index (χ4n) is 4.35. The monoisotopic (exact) mass is 336 g/mol. The van der Waals surface area contributed by atoms with Crippen molar-refractivity contribution < 1.29 is 0 Å². The molecule has 0 amide bonds. The maximum Gasteiger partial charge on any atom is -0.00461 e. The number of rotatable bonds is 12. The Hall–Kier alpha value is -0.0400. The van der Waals surface area contributed by atoms with Crippen LogP contribution in [-0.4, -0.2) is 13.1 Å². The van der Waals surface area contributed by atoms with Gasteiger partial charge in [-0.1, -0.05) is 80.1 Å². The van der Waals surface area contributed by atoms with Crippen LogP contribution in [0, 0.1) is 22.7 Å². The van der Waals surface area contributed by atoms with Crippen molar-refractivity contribution in [2.45, 2.75) is 112 Å². The molecular weight excluding hydrogens is 290 g/mol. The molecule has 1 saturated heterocycles. The Morgan fingerprint density at radius 2 is 1.42 bits per heavy atom. The number of hydrogen-bond acceptors (Lipinski definition) is 1. The molecule has 1 heterocycles. The van der Waals surface area contributed by atoms with Gasteiger partial charge in [-0.15, -0.1) is 0 Å². The Balaban J connectivity index is 2.27. The lowest BCUT2D eigenvalue weighted by molar-refractivity contribution is 0.224. The van der Waals surface area contributed by atoms with Crippen LogP contribution in [-0.2, 0) is 0 Å². The van der Waals surface area contributed by atoms with Gasteiger partial charge in [0.1, 0.15) is 0 Å². The Labute approximate surface area is 153 Å². The molecular formula is C23H46N. The highest BCUT2D eigenvalue weighted by atomic mass is 14.9. The summed E-state index contributed by atoms with van der Waals surface area (Å²) < 4.78 is 0. The molecule has 1 fully saturated rings. The van der Waals surface area contributed by atoms with Gasteiger partial charge in [0.15, 0.2) is 0 Å². The summed E-state index contributed by atoms with van der Waals surface area (Å²) >= 11 is 0. The van der Waals surface area contributed by atoms with Crippen molar-refractivity contribution in [1.29, 1.82) is 0 Å². The van der Waals surface area contributed by atoms with Gasteiger partial charge in [0.25, 0.3) is 0 Å². The predicted molar refractivity (Wildman–Crippen MR) is 109 cm³/mol. The van der Waals surface area contributed by atoms with Gasteiger partial charge in [-0.25, -0.2) is 0 Å². The molecule has 1 heteroatoms. The zero-order valence-corrected chi connectivity index (χ0v) is 17.8. The average molecular weight is 337 g/mol. The van der Waals surface area contributed by atoms with E-state index in [1.807, 2.05) is 0 Å².